The summed E-state index contributed by atoms with van der Waals surface area (Å²) in [4.78, 5) is 4.54. The van der Waals surface area contributed by atoms with Gasteiger partial charge < -0.3 is 9.83 Å². The second kappa shape index (κ2) is 6.29. The number of rotatable bonds is 2. The van der Waals surface area contributed by atoms with Crippen LogP contribution in [0.5, 0.6) is 0 Å². The van der Waals surface area contributed by atoms with Gasteiger partial charge in [0.25, 0.3) is 0 Å². The maximum Gasteiger partial charge on any atom is 0.123 e. The second-order valence-corrected chi connectivity index (χ2v) is 7.16. The number of benzene rings is 2. The van der Waals surface area contributed by atoms with E-state index in [-0.39, 0.29) is 11.9 Å². The second-order valence-electron chi connectivity index (χ2n) is 6.20. The number of aromatic nitrogens is 1. The van der Waals surface area contributed by atoms with E-state index in [0.717, 1.165) is 33.3 Å². The molecule has 4 nitrogen and oxygen atoms in total. The van der Waals surface area contributed by atoms with E-state index < -0.39 is 6.10 Å². The zero-order chi connectivity index (χ0) is 17.6. The lowest BCUT2D eigenvalue weighted by Crippen LogP contribution is -2.26. The molecule has 3 aromatic rings. The summed E-state index contributed by atoms with van der Waals surface area (Å²) >= 11 is 1.48. The molecule has 25 heavy (non-hydrogen) atoms. The van der Waals surface area contributed by atoms with Gasteiger partial charge in [-0.2, -0.15) is 0 Å². The van der Waals surface area contributed by atoms with Crippen LogP contribution in [0.3, 0.4) is 0 Å². The molecule has 1 aromatic heterocycles. The van der Waals surface area contributed by atoms with Crippen LogP contribution in [-0.2, 0) is 0 Å². The first-order valence-corrected chi connectivity index (χ1v) is 8.84. The molecule has 1 aliphatic heterocycles. The van der Waals surface area contributed by atoms with Gasteiger partial charge in [-0.3, -0.25) is 4.98 Å². The molecule has 0 aliphatic carbocycles. The maximum atomic E-state index is 13.4. The van der Waals surface area contributed by atoms with Crippen LogP contribution in [0.15, 0.2) is 48.7 Å². The number of aliphatic hydroxyl groups is 1. The Morgan fingerprint density at radius 2 is 2.04 bits per heavy atom. The summed E-state index contributed by atoms with van der Waals surface area (Å²) < 4.78 is 18.8. The van der Waals surface area contributed by atoms with Gasteiger partial charge in [-0.05, 0) is 42.3 Å². The van der Waals surface area contributed by atoms with E-state index in [0.29, 0.717) is 0 Å². The molecule has 2 N–H and O–H groups in total. The van der Waals surface area contributed by atoms with Gasteiger partial charge in [0.15, 0.2) is 0 Å². The van der Waals surface area contributed by atoms with Gasteiger partial charge in [-0.25, -0.2) is 8.70 Å². The molecule has 0 spiro atoms. The first kappa shape index (κ1) is 16.3. The fourth-order valence-corrected chi connectivity index (χ4v) is 4.15. The molecule has 0 saturated heterocycles. The Hall–Kier alpha value is -2.15. The molecule has 0 saturated carbocycles. The average molecular weight is 355 g/mol. The van der Waals surface area contributed by atoms with Crippen LogP contribution >= 0.6 is 12.1 Å². The Morgan fingerprint density at radius 3 is 2.76 bits per heavy atom. The minimum Gasteiger partial charge on any atom is -0.389 e. The molecule has 2 aromatic carbocycles. The van der Waals surface area contributed by atoms with Crippen LogP contribution in [-0.4, -0.2) is 21.4 Å². The summed E-state index contributed by atoms with van der Waals surface area (Å²) in [5.41, 5.74) is 4.64. The van der Waals surface area contributed by atoms with Gasteiger partial charge >= 0.3 is 0 Å². The Kier molecular flexibility index (Phi) is 4.11. The average Bonchev–Trinajstić information content (AvgIpc) is 2.61. The molecule has 2 heterocycles. The largest absolute Gasteiger partial charge is 0.389 e. The van der Waals surface area contributed by atoms with Crippen LogP contribution in [0.1, 0.15) is 35.8 Å². The highest BCUT2D eigenvalue weighted by Crippen LogP contribution is 2.45. The van der Waals surface area contributed by atoms with Crippen LogP contribution < -0.4 is 4.72 Å². The van der Waals surface area contributed by atoms with E-state index in [9.17, 15) is 9.50 Å². The molecule has 6 heteroatoms. The van der Waals surface area contributed by atoms with Gasteiger partial charge in [-0.1, -0.05) is 18.2 Å². The van der Waals surface area contributed by atoms with Crippen molar-refractivity contribution < 1.29 is 9.50 Å². The molecule has 0 bridgehead atoms. The van der Waals surface area contributed by atoms with Gasteiger partial charge in [0, 0.05) is 36.3 Å². The van der Waals surface area contributed by atoms with E-state index >= 15 is 0 Å². The van der Waals surface area contributed by atoms with E-state index in [1.165, 1.54) is 24.3 Å². The number of fused-ring (bicyclic) bond motifs is 3. The summed E-state index contributed by atoms with van der Waals surface area (Å²) in [6.45, 7) is 1.76. The van der Waals surface area contributed by atoms with Crippen molar-refractivity contribution in [3.63, 3.8) is 0 Å². The van der Waals surface area contributed by atoms with Crippen molar-refractivity contribution in [1.29, 1.82) is 0 Å². The summed E-state index contributed by atoms with van der Waals surface area (Å²) in [6, 6.07) is 12.4. The number of anilines is 1. The normalized spacial score (nSPS) is 18.6. The third-order valence-corrected chi connectivity index (χ3v) is 5.34. The Morgan fingerprint density at radius 1 is 1.28 bits per heavy atom. The Labute approximate surface area is 150 Å². The molecule has 4 rings (SSSR count). The number of nitrogens with zero attached hydrogens (tertiary/aromatic N) is 2. The highest BCUT2D eigenvalue weighted by molar-refractivity contribution is 7.98. The summed E-state index contributed by atoms with van der Waals surface area (Å²) in [5, 5.41) is 11.2. The minimum atomic E-state index is -0.606. The zero-order valence-corrected chi connectivity index (χ0v) is 14.7. The fourth-order valence-electron chi connectivity index (χ4n) is 3.36. The van der Waals surface area contributed by atoms with Gasteiger partial charge in [0.05, 0.1) is 23.3 Å². The number of hydrogen-bond acceptors (Lipinski definition) is 5. The SMILES string of the molecule is CC(O)c1cc2c(c3ncccc13)NSN(C)C2c1ccc(F)cc1. The highest BCUT2D eigenvalue weighted by Gasteiger charge is 2.30. The number of hydrogen-bond donors (Lipinski definition) is 2. The van der Waals surface area contributed by atoms with E-state index in [4.69, 9.17) is 0 Å². The van der Waals surface area contributed by atoms with Crippen LogP contribution in [0, 0.1) is 5.82 Å². The molecular formula is C19H18FN3OS. The van der Waals surface area contributed by atoms with Crippen molar-refractivity contribution >= 4 is 28.7 Å². The number of halogens is 1. The van der Waals surface area contributed by atoms with E-state index in [2.05, 4.69) is 14.0 Å². The molecule has 0 fully saturated rings. The van der Waals surface area contributed by atoms with Gasteiger partial charge in [0.2, 0.25) is 0 Å². The first-order valence-electron chi connectivity index (χ1n) is 8.07. The number of nitrogens with one attached hydrogen (secondary N) is 1. The highest BCUT2D eigenvalue weighted by atomic mass is 32.2. The lowest BCUT2D eigenvalue weighted by atomic mass is 9.91. The molecule has 0 radical (unpaired) electrons. The maximum absolute atomic E-state index is 13.4. The predicted octanol–water partition coefficient (Wildman–Crippen LogP) is 4.44. The van der Waals surface area contributed by atoms with Crippen molar-refractivity contribution in [2.45, 2.75) is 19.1 Å². The van der Waals surface area contributed by atoms with E-state index in [1.807, 2.05) is 25.2 Å². The Balaban J connectivity index is 1.98. The third kappa shape index (κ3) is 2.76. The lowest BCUT2D eigenvalue weighted by molar-refractivity contribution is 0.200. The predicted molar refractivity (Wildman–Crippen MR) is 99.6 cm³/mol. The summed E-state index contributed by atoms with van der Waals surface area (Å²) in [5.74, 6) is -0.252. The topological polar surface area (TPSA) is 48.4 Å². The Bertz CT molecular complexity index is 930. The first-order chi connectivity index (χ1) is 12.1. The van der Waals surface area contributed by atoms with E-state index in [1.54, 1.807) is 25.3 Å². The molecule has 128 valence electrons. The molecule has 0 amide bonds. The zero-order valence-electron chi connectivity index (χ0n) is 13.9. The summed E-state index contributed by atoms with van der Waals surface area (Å²) in [6.07, 6.45) is 1.15. The number of aliphatic hydroxyl groups excluding tert-OH is 1. The number of pyridine rings is 1. The monoisotopic (exact) mass is 355 g/mol. The standard InChI is InChI=1S/C19H18FN3OS/c1-11(24)15-10-16-18(17-14(15)4-3-9-21-17)22-25-23(2)19(16)12-5-7-13(20)8-6-12/h3-11,19,22,24H,1-2H3. The van der Waals surface area contributed by atoms with Gasteiger partial charge in [0.1, 0.15) is 5.82 Å². The smallest absolute Gasteiger partial charge is 0.123 e. The summed E-state index contributed by atoms with van der Waals surface area (Å²) in [7, 11) is 1.99. The van der Waals surface area contributed by atoms with Crippen molar-refractivity contribution in [2.75, 3.05) is 11.8 Å². The molecule has 2 unspecified atom stereocenters. The molecular weight excluding hydrogens is 337 g/mol. The fraction of sp³-hybridized carbons (Fsp3) is 0.211. The van der Waals surface area contributed by atoms with Gasteiger partial charge in [-0.15, -0.1) is 0 Å². The molecule has 1 aliphatic rings. The quantitative estimate of drug-likeness (QED) is 0.666. The molecule has 2 atom stereocenters. The van der Waals surface area contributed by atoms with Crippen molar-refractivity contribution in [1.82, 2.24) is 9.29 Å². The van der Waals surface area contributed by atoms with Crippen molar-refractivity contribution in [3.05, 3.63) is 71.2 Å². The van der Waals surface area contributed by atoms with Crippen molar-refractivity contribution in [3.8, 4) is 0 Å². The lowest BCUT2D eigenvalue weighted by Gasteiger charge is -2.35. The minimum absolute atomic E-state index is 0.0641. The van der Waals surface area contributed by atoms with Crippen LogP contribution in [0.2, 0.25) is 0 Å². The van der Waals surface area contributed by atoms with Crippen molar-refractivity contribution in [2.24, 2.45) is 0 Å². The van der Waals surface area contributed by atoms with Crippen LogP contribution in [0.4, 0.5) is 10.1 Å². The third-order valence-electron chi connectivity index (χ3n) is 4.54. The van der Waals surface area contributed by atoms with Crippen LogP contribution in [0.25, 0.3) is 10.9 Å².